The summed E-state index contributed by atoms with van der Waals surface area (Å²) in [6.07, 6.45) is 0. The van der Waals surface area contributed by atoms with Crippen molar-refractivity contribution in [1.29, 1.82) is 0 Å². The van der Waals surface area contributed by atoms with Crippen molar-refractivity contribution in [1.82, 2.24) is 10.2 Å². The van der Waals surface area contributed by atoms with Gasteiger partial charge in [0.2, 0.25) is 0 Å². The van der Waals surface area contributed by atoms with E-state index in [0.717, 1.165) is 16.8 Å². The van der Waals surface area contributed by atoms with Crippen molar-refractivity contribution in [2.45, 2.75) is 32.7 Å². The molecule has 1 heterocycles. The van der Waals surface area contributed by atoms with Crippen molar-refractivity contribution in [2.24, 2.45) is 0 Å². The van der Waals surface area contributed by atoms with Gasteiger partial charge in [0.1, 0.15) is 0 Å². The number of rotatable bonds is 4. The highest BCUT2D eigenvalue weighted by Gasteiger charge is 2.32. The first-order chi connectivity index (χ1) is 12.4. The molecule has 1 atom stereocenters. The molecule has 3 nitrogen and oxygen atoms in total. The number of hydrogen-bond donors (Lipinski definition) is 1. The molecule has 1 unspecified atom stereocenters. The molecule has 0 fully saturated rings. The van der Waals surface area contributed by atoms with Gasteiger partial charge in [0.15, 0.2) is 10.9 Å². The highest BCUT2D eigenvalue weighted by Crippen LogP contribution is 2.32. The minimum absolute atomic E-state index is 0.0305. The Balaban J connectivity index is 2.07. The molecule has 26 heavy (non-hydrogen) atoms. The van der Waals surface area contributed by atoms with Crippen molar-refractivity contribution >= 4 is 23.1 Å². The lowest BCUT2D eigenvalue weighted by molar-refractivity contribution is 0.102. The first-order valence-corrected chi connectivity index (χ1v) is 9.25. The quantitative estimate of drug-likeness (QED) is 0.622. The summed E-state index contributed by atoms with van der Waals surface area (Å²) in [5.74, 6) is 0.501. The molecule has 1 N–H and O–H groups in total. The van der Waals surface area contributed by atoms with Crippen LogP contribution < -0.4 is 5.32 Å². The molecule has 0 bridgehead atoms. The summed E-state index contributed by atoms with van der Waals surface area (Å²) in [4.78, 5) is 15.1. The SMILES string of the molecule is CC1=C(C(=O)c2ccccc2)C(c2ccc(C(C)C)cc2)NC(=S)N1C. The maximum absolute atomic E-state index is 13.3. The van der Waals surface area contributed by atoms with Crippen LogP contribution in [0.3, 0.4) is 0 Å². The molecule has 0 saturated carbocycles. The fourth-order valence-electron chi connectivity index (χ4n) is 3.20. The van der Waals surface area contributed by atoms with Gasteiger partial charge in [-0.25, -0.2) is 0 Å². The monoisotopic (exact) mass is 364 g/mol. The third-order valence-corrected chi connectivity index (χ3v) is 5.36. The van der Waals surface area contributed by atoms with E-state index in [9.17, 15) is 4.79 Å². The van der Waals surface area contributed by atoms with Crippen LogP contribution in [0.1, 0.15) is 54.2 Å². The van der Waals surface area contributed by atoms with Crippen LogP contribution in [0.15, 0.2) is 65.9 Å². The summed E-state index contributed by atoms with van der Waals surface area (Å²) < 4.78 is 0. The number of nitrogens with zero attached hydrogens (tertiary/aromatic N) is 1. The molecule has 134 valence electrons. The third-order valence-electron chi connectivity index (χ3n) is 4.97. The van der Waals surface area contributed by atoms with Crippen LogP contribution in [0.25, 0.3) is 0 Å². The number of carbonyl (C=O) groups is 1. The van der Waals surface area contributed by atoms with Crippen LogP contribution in [-0.2, 0) is 0 Å². The number of Topliss-reactive ketones (excluding diaryl/α,β-unsaturated/α-hetero) is 1. The molecule has 3 rings (SSSR count). The Morgan fingerprint density at radius 1 is 1.08 bits per heavy atom. The van der Waals surface area contributed by atoms with Gasteiger partial charge in [0.05, 0.1) is 6.04 Å². The van der Waals surface area contributed by atoms with Crippen LogP contribution >= 0.6 is 12.2 Å². The molecule has 2 aromatic carbocycles. The lowest BCUT2D eigenvalue weighted by Crippen LogP contribution is -2.45. The van der Waals surface area contributed by atoms with Gasteiger partial charge in [-0.2, -0.15) is 0 Å². The van der Waals surface area contributed by atoms with E-state index < -0.39 is 0 Å². The van der Waals surface area contributed by atoms with Gasteiger partial charge in [0.25, 0.3) is 0 Å². The maximum atomic E-state index is 13.3. The zero-order chi connectivity index (χ0) is 18.8. The van der Waals surface area contributed by atoms with Crippen molar-refractivity contribution in [2.75, 3.05) is 7.05 Å². The van der Waals surface area contributed by atoms with E-state index in [2.05, 4.69) is 43.4 Å². The van der Waals surface area contributed by atoms with Gasteiger partial charge >= 0.3 is 0 Å². The molecule has 2 aromatic rings. The predicted octanol–water partition coefficient (Wildman–Crippen LogP) is 4.83. The zero-order valence-electron chi connectivity index (χ0n) is 15.6. The molecule has 0 radical (unpaired) electrons. The van der Waals surface area contributed by atoms with E-state index in [1.807, 2.05) is 49.2 Å². The lowest BCUT2D eigenvalue weighted by atomic mass is 9.88. The summed E-state index contributed by atoms with van der Waals surface area (Å²) in [5.41, 5.74) is 4.64. The van der Waals surface area contributed by atoms with E-state index >= 15 is 0 Å². The van der Waals surface area contributed by atoms with E-state index in [4.69, 9.17) is 12.2 Å². The fourth-order valence-corrected chi connectivity index (χ4v) is 3.45. The van der Waals surface area contributed by atoms with Gasteiger partial charge in [-0.1, -0.05) is 68.4 Å². The standard InChI is InChI=1S/C22H24N2OS/c1-14(2)16-10-12-17(13-11-16)20-19(15(3)24(4)22(26)23-20)21(25)18-8-6-5-7-9-18/h5-14,20H,1-4H3,(H,23,26). The molecule has 0 amide bonds. The normalized spacial score (nSPS) is 17.5. The van der Waals surface area contributed by atoms with Gasteiger partial charge in [-0.3, -0.25) is 4.79 Å². The van der Waals surface area contributed by atoms with Crippen LogP contribution in [0.2, 0.25) is 0 Å². The Hall–Kier alpha value is -2.46. The Morgan fingerprint density at radius 3 is 2.27 bits per heavy atom. The fraction of sp³-hybridized carbons (Fsp3) is 0.273. The minimum Gasteiger partial charge on any atom is -0.351 e. The Morgan fingerprint density at radius 2 is 1.69 bits per heavy atom. The molecule has 4 heteroatoms. The minimum atomic E-state index is -0.243. The van der Waals surface area contributed by atoms with Gasteiger partial charge in [-0.15, -0.1) is 0 Å². The first kappa shape index (κ1) is 18.3. The number of thiocarbonyl (C=S) groups is 1. The second-order valence-electron chi connectivity index (χ2n) is 6.96. The smallest absolute Gasteiger partial charge is 0.193 e. The molecule has 1 aliphatic rings. The highest BCUT2D eigenvalue weighted by molar-refractivity contribution is 7.80. The summed E-state index contributed by atoms with van der Waals surface area (Å²) >= 11 is 5.48. The summed E-state index contributed by atoms with van der Waals surface area (Å²) in [5, 5.41) is 3.97. The number of benzene rings is 2. The second kappa shape index (κ2) is 7.42. The van der Waals surface area contributed by atoms with Crippen molar-refractivity contribution in [3.63, 3.8) is 0 Å². The van der Waals surface area contributed by atoms with E-state index in [1.54, 1.807) is 0 Å². The molecule has 0 aliphatic carbocycles. The summed E-state index contributed by atoms with van der Waals surface area (Å²) in [7, 11) is 1.89. The molecule has 0 aromatic heterocycles. The largest absolute Gasteiger partial charge is 0.351 e. The Kier molecular flexibility index (Phi) is 5.23. The lowest BCUT2D eigenvalue weighted by Gasteiger charge is -2.36. The second-order valence-corrected chi connectivity index (χ2v) is 7.34. The summed E-state index contributed by atoms with van der Waals surface area (Å²) in [6.45, 7) is 6.30. The van der Waals surface area contributed by atoms with E-state index in [0.29, 0.717) is 16.6 Å². The number of allylic oxidation sites excluding steroid dienone is 1. The maximum Gasteiger partial charge on any atom is 0.193 e. The van der Waals surface area contributed by atoms with E-state index in [-0.39, 0.29) is 11.8 Å². The number of ketones is 1. The first-order valence-electron chi connectivity index (χ1n) is 8.84. The Labute approximate surface area is 160 Å². The molecule has 0 saturated heterocycles. The predicted molar refractivity (Wildman–Crippen MR) is 110 cm³/mol. The average molecular weight is 365 g/mol. The van der Waals surface area contributed by atoms with Crippen LogP contribution in [-0.4, -0.2) is 22.8 Å². The van der Waals surface area contributed by atoms with Crippen molar-refractivity contribution in [3.05, 3.63) is 82.6 Å². The number of carbonyl (C=O) groups excluding carboxylic acids is 1. The van der Waals surface area contributed by atoms with Crippen molar-refractivity contribution in [3.8, 4) is 0 Å². The number of nitrogens with one attached hydrogen (secondary N) is 1. The topological polar surface area (TPSA) is 32.3 Å². The Bertz CT molecular complexity index is 853. The molecule has 0 spiro atoms. The van der Waals surface area contributed by atoms with Crippen molar-refractivity contribution < 1.29 is 4.79 Å². The third kappa shape index (κ3) is 3.42. The van der Waals surface area contributed by atoms with Gasteiger partial charge in [0, 0.05) is 23.9 Å². The van der Waals surface area contributed by atoms with E-state index in [1.165, 1.54) is 5.56 Å². The average Bonchev–Trinajstić information content (AvgIpc) is 2.66. The van der Waals surface area contributed by atoms with Crippen LogP contribution in [0.4, 0.5) is 0 Å². The molecular formula is C22H24N2OS. The highest BCUT2D eigenvalue weighted by atomic mass is 32.1. The van der Waals surface area contributed by atoms with Crippen LogP contribution in [0, 0.1) is 0 Å². The zero-order valence-corrected chi connectivity index (χ0v) is 16.4. The molecule has 1 aliphatic heterocycles. The summed E-state index contributed by atoms with van der Waals surface area (Å²) in [6, 6.07) is 17.6. The van der Waals surface area contributed by atoms with Gasteiger partial charge in [-0.05, 0) is 36.2 Å². The molecular weight excluding hydrogens is 340 g/mol. The van der Waals surface area contributed by atoms with Crippen LogP contribution in [0.5, 0.6) is 0 Å². The van der Waals surface area contributed by atoms with Gasteiger partial charge < -0.3 is 10.2 Å². The number of hydrogen-bond acceptors (Lipinski definition) is 2.